The largest absolute Gasteiger partial charge is 0.468 e. The maximum absolute atomic E-state index is 13.5. The summed E-state index contributed by atoms with van der Waals surface area (Å²) >= 11 is 8.58. The lowest BCUT2D eigenvalue weighted by atomic mass is 10.2. The Morgan fingerprint density at radius 1 is 1.56 bits per heavy atom. The topological polar surface area (TPSA) is 55.4 Å². The zero-order valence-electron chi connectivity index (χ0n) is 9.38. The van der Waals surface area contributed by atoms with Crippen LogP contribution >= 0.6 is 27.5 Å². The first kappa shape index (κ1) is 14.9. The normalized spacial score (nSPS) is 11.8. The van der Waals surface area contributed by atoms with Crippen LogP contribution in [0.2, 0.25) is 5.02 Å². The van der Waals surface area contributed by atoms with E-state index in [1.54, 1.807) is 0 Å². The Labute approximate surface area is 117 Å². The van der Waals surface area contributed by atoms with Gasteiger partial charge in [-0.1, -0.05) is 33.6 Å². The van der Waals surface area contributed by atoms with Crippen LogP contribution in [0.25, 0.3) is 0 Å². The lowest BCUT2D eigenvalue weighted by molar-refractivity contribution is -0.139. The number of rotatable bonds is 4. The molecule has 0 spiro atoms. The van der Waals surface area contributed by atoms with Gasteiger partial charge in [0, 0.05) is 6.54 Å². The van der Waals surface area contributed by atoms with Crippen LogP contribution in [0.15, 0.2) is 18.2 Å². The Morgan fingerprint density at radius 2 is 2.22 bits per heavy atom. The number of hydrogen-bond donors (Lipinski definition) is 1. The molecule has 0 fully saturated rings. The zero-order valence-corrected chi connectivity index (χ0v) is 11.7. The van der Waals surface area contributed by atoms with Crippen LogP contribution < -0.4 is 5.32 Å². The van der Waals surface area contributed by atoms with Gasteiger partial charge in [-0.25, -0.2) is 4.39 Å². The van der Waals surface area contributed by atoms with E-state index in [0.29, 0.717) is 0 Å². The highest BCUT2D eigenvalue weighted by atomic mass is 79.9. The summed E-state index contributed by atoms with van der Waals surface area (Å²) in [4.78, 5) is 22.0. The SMILES string of the molecule is COC(=O)C(Br)CNC(=O)c1cccc(Cl)c1F. The van der Waals surface area contributed by atoms with Crippen LogP contribution in [0.4, 0.5) is 4.39 Å². The number of halogens is 3. The molecule has 0 aliphatic heterocycles. The van der Waals surface area contributed by atoms with Crippen LogP contribution in [0, 0.1) is 5.82 Å². The predicted molar refractivity (Wildman–Crippen MR) is 68.5 cm³/mol. The van der Waals surface area contributed by atoms with Crippen molar-refractivity contribution in [3.63, 3.8) is 0 Å². The van der Waals surface area contributed by atoms with Crippen LogP contribution in [0.3, 0.4) is 0 Å². The minimum Gasteiger partial charge on any atom is -0.468 e. The average Bonchev–Trinajstić information content (AvgIpc) is 2.37. The fourth-order valence-electron chi connectivity index (χ4n) is 1.17. The molecule has 1 atom stereocenters. The van der Waals surface area contributed by atoms with Gasteiger partial charge >= 0.3 is 5.97 Å². The molecule has 4 nitrogen and oxygen atoms in total. The fourth-order valence-corrected chi connectivity index (χ4v) is 1.69. The van der Waals surface area contributed by atoms with Gasteiger partial charge in [0.2, 0.25) is 0 Å². The third kappa shape index (κ3) is 3.68. The van der Waals surface area contributed by atoms with Crippen LogP contribution in [0.1, 0.15) is 10.4 Å². The molecule has 0 saturated heterocycles. The molecular formula is C11H10BrClFNO3. The molecule has 98 valence electrons. The van der Waals surface area contributed by atoms with Gasteiger partial charge in [-0.05, 0) is 12.1 Å². The molecule has 0 aromatic heterocycles. The minimum absolute atomic E-state index is 0.0164. The van der Waals surface area contributed by atoms with Crippen LogP contribution in [0.5, 0.6) is 0 Å². The summed E-state index contributed by atoms with van der Waals surface area (Å²) in [5, 5.41) is 2.26. The Kier molecular flexibility index (Phi) is 5.55. The van der Waals surface area contributed by atoms with E-state index in [-0.39, 0.29) is 17.1 Å². The number of amides is 1. The van der Waals surface area contributed by atoms with Gasteiger partial charge in [-0.3, -0.25) is 9.59 Å². The van der Waals surface area contributed by atoms with Crippen molar-refractivity contribution in [3.8, 4) is 0 Å². The highest BCUT2D eigenvalue weighted by Gasteiger charge is 2.18. The summed E-state index contributed by atoms with van der Waals surface area (Å²) < 4.78 is 18.0. The highest BCUT2D eigenvalue weighted by Crippen LogP contribution is 2.17. The maximum Gasteiger partial charge on any atom is 0.321 e. The van der Waals surface area contributed by atoms with Gasteiger partial charge in [0.05, 0.1) is 17.7 Å². The second-order valence-corrected chi connectivity index (χ2v) is 4.81. The Balaban J connectivity index is 2.66. The molecule has 18 heavy (non-hydrogen) atoms. The van der Waals surface area contributed by atoms with Crippen molar-refractivity contribution >= 4 is 39.4 Å². The molecular weight excluding hydrogens is 328 g/mol. The van der Waals surface area contributed by atoms with Crippen molar-refractivity contribution in [1.29, 1.82) is 0 Å². The van der Waals surface area contributed by atoms with E-state index in [1.807, 2.05) is 0 Å². The van der Waals surface area contributed by atoms with E-state index >= 15 is 0 Å². The fraction of sp³-hybridized carbons (Fsp3) is 0.273. The van der Waals surface area contributed by atoms with E-state index in [4.69, 9.17) is 11.6 Å². The lowest BCUT2D eigenvalue weighted by Crippen LogP contribution is -2.34. The molecule has 0 heterocycles. The molecule has 0 saturated carbocycles. The number of carbonyl (C=O) groups is 2. The molecule has 7 heteroatoms. The average molecular weight is 339 g/mol. The summed E-state index contributed by atoms with van der Waals surface area (Å²) in [5.74, 6) is -1.97. The van der Waals surface area contributed by atoms with Crippen molar-refractivity contribution < 1.29 is 18.7 Å². The molecule has 0 bridgehead atoms. The van der Waals surface area contributed by atoms with Crippen molar-refractivity contribution in [1.82, 2.24) is 5.32 Å². The van der Waals surface area contributed by atoms with Crippen molar-refractivity contribution in [3.05, 3.63) is 34.6 Å². The number of nitrogens with one attached hydrogen (secondary N) is 1. The zero-order chi connectivity index (χ0) is 13.7. The molecule has 1 amide bonds. The van der Waals surface area contributed by atoms with E-state index in [9.17, 15) is 14.0 Å². The summed E-state index contributed by atoms with van der Waals surface area (Å²) in [6.45, 7) is -0.0164. The smallest absolute Gasteiger partial charge is 0.321 e. The minimum atomic E-state index is -0.791. The summed E-state index contributed by atoms with van der Waals surface area (Å²) in [7, 11) is 1.23. The van der Waals surface area contributed by atoms with Crippen LogP contribution in [-0.4, -0.2) is 30.4 Å². The van der Waals surface area contributed by atoms with Crippen molar-refractivity contribution in [2.75, 3.05) is 13.7 Å². The van der Waals surface area contributed by atoms with Gasteiger partial charge in [-0.15, -0.1) is 0 Å². The number of carbonyl (C=O) groups excluding carboxylic acids is 2. The van der Waals surface area contributed by atoms with Crippen molar-refractivity contribution in [2.24, 2.45) is 0 Å². The molecule has 1 aromatic rings. The molecule has 0 aliphatic rings. The van der Waals surface area contributed by atoms with E-state index < -0.39 is 22.5 Å². The second-order valence-electron chi connectivity index (χ2n) is 3.30. The molecule has 1 unspecified atom stereocenters. The number of hydrogen-bond acceptors (Lipinski definition) is 3. The van der Waals surface area contributed by atoms with Crippen LogP contribution in [-0.2, 0) is 9.53 Å². The molecule has 0 aliphatic carbocycles. The third-order valence-corrected chi connectivity index (χ3v) is 3.08. The molecule has 1 rings (SSSR count). The first-order valence-electron chi connectivity index (χ1n) is 4.91. The standard InChI is InChI=1S/C11H10BrClFNO3/c1-18-11(17)7(12)5-15-10(16)6-3-2-4-8(13)9(6)14/h2-4,7H,5H2,1H3,(H,15,16). The summed E-state index contributed by atoms with van der Waals surface area (Å²) in [5.41, 5.74) is -0.174. The number of alkyl halides is 1. The Bertz CT molecular complexity index is 470. The first-order chi connectivity index (χ1) is 8.47. The third-order valence-electron chi connectivity index (χ3n) is 2.09. The van der Waals surface area contributed by atoms with E-state index in [0.717, 1.165) is 0 Å². The van der Waals surface area contributed by atoms with Gasteiger partial charge in [-0.2, -0.15) is 0 Å². The first-order valence-corrected chi connectivity index (χ1v) is 6.20. The lowest BCUT2D eigenvalue weighted by Gasteiger charge is -2.10. The molecule has 1 N–H and O–H groups in total. The van der Waals surface area contributed by atoms with Crippen molar-refractivity contribution in [2.45, 2.75) is 4.83 Å². The van der Waals surface area contributed by atoms with E-state index in [1.165, 1.54) is 25.3 Å². The number of ether oxygens (including phenoxy) is 1. The Morgan fingerprint density at radius 3 is 2.83 bits per heavy atom. The highest BCUT2D eigenvalue weighted by molar-refractivity contribution is 9.10. The number of methoxy groups -OCH3 is 1. The van der Waals surface area contributed by atoms with Gasteiger partial charge in [0.15, 0.2) is 5.82 Å². The Hall–Kier alpha value is -1.14. The quantitative estimate of drug-likeness (QED) is 0.676. The summed E-state index contributed by atoms with van der Waals surface area (Å²) in [6.07, 6.45) is 0. The monoisotopic (exact) mass is 337 g/mol. The van der Waals surface area contributed by atoms with E-state index in [2.05, 4.69) is 26.0 Å². The number of benzene rings is 1. The summed E-state index contributed by atoms with van der Waals surface area (Å²) in [6, 6.07) is 4.11. The molecule has 0 radical (unpaired) electrons. The second kappa shape index (κ2) is 6.70. The van der Waals surface area contributed by atoms with Gasteiger partial charge in [0.25, 0.3) is 5.91 Å². The van der Waals surface area contributed by atoms with Gasteiger partial charge < -0.3 is 10.1 Å². The predicted octanol–water partition coefficient (Wildman–Crippen LogP) is 2.15. The van der Waals surface area contributed by atoms with Gasteiger partial charge in [0.1, 0.15) is 4.83 Å². The number of esters is 1. The molecule has 1 aromatic carbocycles. The maximum atomic E-state index is 13.5.